The molecule has 0 unspecified atom stereocenters. The van der Waals surface area contributed by atoms with Gasteiger partial charge in [0.2, 0.25) is 10.0 Å². The molecule has 0 aliphatic rings. The van der Waals surface area contributed by atoms with Crippen LogP contribution in [-0.4, -0.2) is 33.6 Å². The highest BCUT2D eigenvalue weighted by Gasteiger charge is 2.26. The molecule has 0 aliphatic heterocycles. The minimum Gasteiger partial charge on any atom is -0.497 e. The Balaban J connectivity index is 2.05. The van der Waals surface area contributed by atoms with Crippen LogP contribution in [0.15, 0.2) is 47.4 Å². The summed E-state index contributed by atoms with van der Waals surface area (Å²) in [5, 5.41) is 11.2. The van der Waals surface area contributed by atoms with Crippen LogP contribution in [0.4, 0.5) is 5.69 Å². The molecule has 0 heterocycles. The predicted octanol–water partition coefficient (Wildman–Crippen LogP) is 2.14. The second-order valence-electron chi connectivity index (χ2n) is 5.38. The lowest BCUT2D eigenvalue weighted by Gasteiger charge is -2.09. The van der Waals surface area contributed by atoms with Crippen molar-refractivity contribution >= 4 is 15.7 Å². The van der Waals surface area contributed by atoms with Gasteiger partial charge in [0.1, 0.15) is 18.1 Å². The molecule has 27 heavy (non-hydrogen) atoms. The molecule has 0 saturated heterocycles. The molecule has 0 aliphatic carbocycles. The summed E-state index contributed by atoms with van der Waals surface area (Å²) >= 11 is 0. The van der Waals surface area contributed by atoms with Crippen LogP contribution in [0.2, 0.25) is 0 Å². The van der Waals surface area contributed by atoms with E-state index < -0.39 is 25.5 Å². The van der Waals surface area contributed by atoms with E-state index in [-0.39, 0.29) is 18.9 Å². The molecular weight excluding hydrogens is 372 g/mol. The molecule has 8 nitrogen and oxygen atoms in total. The first-order valence-electron chi connectivity index (χ1n) is 7.84. The standard InChI is InChI=1S/C18H18N2O6S/c1-3-12-26-15-6-4-14(5-7-15)10-11-19-27(23,24)18-9-8-16(25-2)13-17(18)20(21)22/h1,4-9,13,19H,10-12H2,2H3. The molecule has 2 aromatic rings. The van der Waals surface area contributed by atoms with Crippen LogP contribution in [0.3, 0.4) is 0 Å². The quantitative estimate of drug-likeness (QED) is 0.399. The number of nitrogens with one attached hydrogen (secondary N) is 1. The molecule has 0 radical (unpaired) electrons. The van der Waals surface area contributed by atoms with Crippen molar-refractivity contribution in [1.82, 2.24) is 4.72 Å². The summed E-state index contributed by atoms with van der Waals surface area (Å²) in [6.45, 7) is 0.246. The summed E-state index contributed by atoms with van der Waals surface area (Å²) in [7, 11) is -2.70. The third kappa shape index (κ3) is 5.44. The van der Waals surface area contributed by atoms with Crippen LogP contribution in [0.1, 0.15) is 5.56 Å². The molecule has 0 atom stereocenters. The monoisotopic (exact) mass is 390 g/mol. The van der Waals surface area contributed by atoms with E-state index in [1.807, 2.05) is 0 Å². The number of hydrogen-bond acceptors (Lipinski definition) is 6. The SMILES string of the molecule is C#CCOc1ccc(CCNS(=O)(=O)c2ccc(OC)cc2[N+](=O)[O-])cc1. The van der Waals surface area contributed by atoms with Crippen molar-refractivity contribution in [3.63, 3.8) is 0 Å². The topological polar surface area (TPSA) is 108 Å². The molecule has 9 heteroatoms. The van der Waals surface area contributed by atoms with Gasteiger partial charge in [-0.15, -0.1) is 6.42 Å². The number of ether oxygens (including phenoxy) is 2. The highest BCUT2D eigenvalue weighted by atomic mass is 32.2. The van der Waals surface area contributed by atoms with E-state index in [2.05, 4.69) is 10.6 Å². The third-order valence-corrected chi connectivity index (χ3v) is 5.11. The second-order valence-corrected chi connectivity index (χ2v) is 7.11. The number of nitro groups is 1. The lowest BCUT2D eigenvalue weighted by atomic mass is 10.1. The first-order chi connectivity index (χ1) is 12.9. The van der Waals surface area contributed by atoms with Gasteiger partial charge in [-0.25, -0.2) is 13.1 Å². The van der Waals surface area contributed by atoms with Crippen LogP contribution >= 0.6 is 0 Å². The van der Waals surface area contributed by atoms with Gasteiger partial charge in [0.25, 0.3) is 5.69 Å². The molecular formula is C18H18N2O6S. The minimum absolute atomic E-state index is 0.0794. The summed E-state index contributed by atoms with van der Waals surface area (Å²) in [4.78, 5) is 10.0. The fourth-order valence-electron chi connectivity index (χ4n) is 2.28. The molecule has 0 spiro atoms. The van der Waals surface area contributed by atoms with Crippen LogP contribution in [0, 0.1) is 22.5 Å². The van der Waals surface area contributed by atoms with Crippen LogP contribution in [0.25, 0.3) is 0 Å². The number of rotatable bonds is 9. The van der Waals surface area contributed by atoms with Gasteiger partial charge in [0, 0.05) is 6.54 Å². The van der Waals surface area contributed by atoms with E-state index in [9.17, 15) is 18.5 Å². The number of nitro benzene ring substituents is 1. The van der Waals surface area contributed by atoms with Crippen molar-refractivity contribution in [1.29, 1.82) is 0 Å². The van der Waals surface area contributed by atoms with E-state index in [1.165, 1.54) is 13.2 Å². The van der Waals surface area contributed by atoms with Crippen LogP contribution in [0.5, 0.6) is 11.5 Å². The predicted molar refractivity (Wildman–Crippen MR) is 99.3 cm³/mol. The number of terminal acetylenes is 1. The number of methoxy groups -OCH3 is 1. The first-order valence-corrected chi connectivity index (χ1v) is 9.33. The third-order valence-electron chi connectivity index (χ3n) is 3.60. The van der Waals surface area contributed by atoms with Crippen molar-refractivity contribution in [2.24, 2.45) is 0 Å². The Kier molecular flexibility index (Phi) is 6.76. The van der Waals surface area contributed by atoms with Crippen LogP contribution in [-0.2, 0) is 16.4 Å². The lowest BCUT2D eigenvalue weighted by Crippen LogP contribution is -2.26. The van der Waals surface area contributed by atoms with Gasteiger partial charge >= 0.3 is 0 Å². The molecule has 0 aromatic heterocycles. The van der Waals surface area contributed by atoms with Crippen molar-refractivity contribution in [3.8, 4) is 23.8 Å². The lowest BCUT2D eigenvalue weighted by molar-refractivity contribution is -0.387. The number of sulfonamides is 1. The Morgan fingerprint density at radius 1 is 1.19 bits per heavy atom. The maximum Gasteiger partial charge on any atom is 0.293 e. The average Bonchev–Trinajstić information content (AvgIpc) is 2.66. The zero-order valence-corrected chi connectivity index (χ0v) is 15.4. The summed E-state index contributed by atoms with van der Waals surface area (Å²) in [5.41, 5.74) is 0.326. The Morgan fingerprint density at radius 2 is 1.85 bits per heavy atom. The summed E-state index contributed by atoms with van der Waals surface area (Å²) in [6.07, 6.45) is 5.52. The zero-order valence-electron chi connectivity index (χ0n) is 14.5. The highest BCUT2D eigenvalue weighted by Crippen LogP contribution is 2.28. The van der Waals surface area contributed by atoms with Gasteiger partial charge in [0.05, 0.1) is 18.1 Å². The molecule has 1 N–H and O–H groups in total. The van der Waals surface area contributed by atoms with E-state index >= 15 is 0 Å². The van der Waals surface area contributed by atoms with E-state index in [1.54, 1.807) is 24.3 Å². The van der Waals surface area contributed by atoms with Gasteiger partial charge in [-0.2, -0.15) is 0 Å². The summed E-state index contributed by atoms with van der Waals surface area (Å²) < 4.78 is 37.4. The fraction of sp³-hybridized carbons (Fsp3) is 0.222. The summed E-state index contributed by atoms with van der Waals surface area (Å²) in [5.74, 6) is 3.18. The molecule has 2 rings (SSSR count). The van der Waals surface area contributed by atoms with E-state index in [0.29, 0.717) is 12.2 Å². The molecule has 142 valence electrons. The highest BCUT2D eigenvalue weighted by molar-refractivity contribution is 7.89. The maximum atomic E-state index is 12.4. The Hall–Kier alpha value is -3.09. The van der Waals surface area contributed by atoms with Crippen molar-refractivity contribution < 1.29 is 22.8 Å². The smallest absolute Gasteiger partial charge is 0.293 e. The molecule has 0 bridgehead atoms. The van der Waals surface area contributed by atoms with Crippen molar-refractivity contribution in [3.05, 3.63) is 58.1 Å². The Labute approximate surface area is 157 Å². The van der Waals surface area contributed by atoms with Gasteiger partial charge in [-0.3, -0.25) is 10.1 Å². The van der Waals surface area contributed by atoms with Crippen molar-refractivity contribution in [2.45, 2.75) is 11.3 Å². The van der Waals surface area contributed by atoms with Gasteiger partial charge in [0.15, 0.2) is 4.90 Å². The maximum absolute atomic E-state index is 12.4. The first kappa shape index (κ1) is 20.2. The van der Waals surface area contributed by atoms with Crippen molar-refractivity contribution in [2.75, 3.05) is 20.3 Å². The van der Waals surface area contributed by atoms with Gasteiger partial charge < -0.3 is 9.47 Å². The minimum atomic E-state index is -4.05. The molecule has 0 fully saturated rings. The largest absolute Gasteiger partial charge is 0.497 e. The van der Waals surface area contributed by atoms with Crippen LogP contribution < -0.4 is 14.2 Å². The second kappa shape index (κ2) is 9.02. The average molecular weight is 390 g/mol. The zero-order chi connectivity index (χ0) is 19.9. The van der Waals surface area contributed by atoms with E-state index in [4.69, 9.17) is 15.9 Å². The molecule has 0 amide bonds. The van der Waals surface area contributed by atoms with E-state index in [0.717, 1.165) is 17.7 Å². The van der Waals surface area contributed by atoms with Gasteiger partial charge in [-0.1, -0.05) is 18.1 Å². The fourth-order valence-corrected chi connectivity index (χ4v) is 3.46. The summed E-state index contributed by atoms with van der Waals surface area (Å²) in [6, 6.07) is 10.6. The van der Waals surface area contributed by atoms with Gasteiger partial charge in [-0.05, 0) is 36.2 Å². The Bertz CT molecular complexity index is 949. The Morgan fingerprint density at radius 3 is 2.44 bits per heavy atom. The number of benzene rings is 2. The number of hydrogen-bond donors (Lipinski definition) is 1. The number of nitrogens with zero attached hydrogens (tertiary/aromatic N) is 1. The molecule has 0 saturated carbocycles. The normalized spacial score (nSPS) is 10.8. The molecule has 2 aromatic carbocycles.